The van der Waals surface area contributed by atoms with Crippen molar-refractivity contribution in [1.29, 1.82) is 5.26 Å². The highest BCUT2D eigenvalue weighted by Crippen LogP contribution is 2.20. The highest BCUT2D eigenvalue weighted by Gasteiger charge is 2.15. The van der Waals surface area contributed by atoms with E-state index in [0.29, 0.717) is 11.6 Å². The van der Waals surface area contributed by atoms with Crippen LogP contribution in [0.3, 0.4) is 0 Å². The maximum atomic E-state index is 8.80. The maximum Gasteiger partial charge on any atom is 0.316 e. The summed E-state index contributed by atoms with van der Waals surface area (Å²) < 4.78 is 5.78. The van der Waals surface area contributed by atoms with Crippen molar-refractivity contribution < 1.29 is 4.74 Å². The average Bonchev–Trinajstić information content (AvgIpc) is 2.57. The molecule has 0 radical (unpaired) electrons. The Labute approximate surface area is 123 Å². The van der Waals surface area contributed by atoms with Gasteiger partial charge in [0.2, 0.25) is 0 Å². The van der Waals surface area contributed by atoms with Crippen molar-refractivity contribution in [2.75, 3.05) is 13.1 Å². The molecule has 106 valence electrons. The van der Waals surface area contributed by atoms with Gasteiger partial charge in [-0.3, -0.25) is 0 Å². The van der Waals surface area contributed by atoms with E-state index in [9.17, 15) is 0 Å². The summed E-state index contributed by atoms with van der Waals surface area (Å²) in [6, 6.07) is 9.89. The van der Waals surface area contributed by atoms with Crippen LogP contribution in [0.25, 0.3) is 11.1 Å². The van der Waals surface area contributed by atoms with Gasteiger partial charge < -0.3 is 10.1 Å². The first kappa shape index (κ1) is 13.5. The van der Waals surface area contributed by atoms with E-state index in [0.717, 1.165) is 37.1 Å². The number of hydrogen-bond acceptors (Lipinski definition) is 5. The minimum Gasteiger partial charge on any atom is -0.460 e. The minimum atomic E-state index is 0.201. The molecule has 0 spiro atoms. The summed E-state index contributed by atoms with van der Waals surface area (Å²) in [5, 5.41) is 12.1. The Morgan fingerprint density at radius 3 is 2.33 bits per heavy atom. The number of rotatable bonds is 3. The second-order valence-electron chi connectivity index (χ2n) is 5.01. The first-order valence-corrected chi connectivity index (χ1v) is 7.05. The smallest absolute Gasteiger partial charge is 0.316 e. The zero-order valence-corrected chi connectivity index (χ0v) is 11.6. The van der Waals surface area contributed by atoms with Gasteiger partial charge in [0.15, 0.2) is 0 Å². The molecule has 1 fully saturated rings. The van der Waals surface area contributed by atoms with E-state index in [1.54, 1.807) is 24.5 Å². The third kappa shape index (κ3) is 3.36. The quantitative estimate of drug-likeness (QED) is 0.932. The second kappa shape index (κ2) is 6.33. The molecule has 0 bridgehead atoms. The highest BCUT2D eigenvalue weighted by molar-refractivity contribution is 5.62. The maximum absolute atomic E-state index is 8.80. The van der Waals surface area contributed by atoms with Crippen LogP contribution in [-0.4, -0.2) is 29.2 Å². The molecule has 1 N–H and O–H groups in total. The number of benzene rings is 1. The van der Waals surface area contributed by atoms with Gasteiger partial charge in [0.1, 0.15) is 6.10 Å². The molecule has 21 heavy (non-hydrogen) atoms. The van der Waals surface area contributed by atoms with Gasteiger partial charge in [0.25, 0.3) is 0 Å². The largest absolute Gasteiger partial charge is 0.460 e. The summed E-state index contributed by atoms with van der Waals surface area (Å²) in [5.41, 5.74) is 2.55. The van der Waals surface area contributed by atoms with Crippen molar-refractivity contribution in [3.05, 3.63) is 42.2 Å². The summed E-state index contributed by atoms with van der Waals surface area (Å²) in [5.74, 6) is 0. The third-order valence-electron chi connectivity index (χ3n) is 3.53. The van der Waals surface area contributed by atoms with Crippen molar-refractivity contribution in [1.82, 2.24) is 15.3 Å². The van der Waals surface area contributed by atoms with Crippen LogP contribution in [-0.2, 0) is 0 Å². The fraction of sp³-hybridized carbons (Fsp3) is 0.312. The lowest BCUT2D eigenvalue weighted by molar-refractivity contribution is 0.149. The standard InChI is InChI=1S/C16H16N4O/c17-9-12-1-3-13(4-2-12)14-10-19-16(20-11-14)21-15-5-7-18-8-6-15/h1-4,10-11,15,18H,5-8H2. The molecular weight excluding hydrogens is 264 g/mol. The lowest BCUT2D eigenvalue weighted by atomic mass is 10.1. The summed E-state index contributed by atoms with van der Waals surface area (Å²) >= 11 is 0. The first-order chi connectivity index (χ1) is 10.3. The van der Waals surface area contributed by atoms with Crippen LogP contribution in [0.1, 0.15) is 18.4 Å². The van der Waals surface area contributed by atoms with E-state index in [2.05, 4.69) is 21.4 Å². The Bertz CT molecular complexity index is 625. The fourth-order valence-corrected chi connectivity index (χ4v) is 2.33. The number of nitrogens with one attached hydrogen (secondary N) is 1. The molecule has 1 aromatic carbocycles. The Kier molecular flexibility index (Phi) is 4.08. The number of ether oxygens (including phenoxy) is 1. The van der Waals surface area contributed by atoms with E-state index in [1.807, 2.05) is 12.1 Å². The molecule has 5 heteroatoms. The van der Waals surface area contributed by atoms with E-state index in [1.165, 1.54) is 0 Å². The number of aromatic nitrogens is 2. The topological polar surface area (TPSA) is 70.8 Å². The molecular formula is C16H16N4O. The summed E-state index contributed by atoms with van der Waals surface area (Å²) in [7, 11) is 0. The van der Waals surface area contributed by atoms with E-state index >= 15 is 0 Å². The number of piperidine rings is 1. The van der Waals surface area contributed by atoms with Crippen LogP contribution in [0.4, 0.5) is 0 Å². The van der Waals surface area contributed by atoms with Crippen LogP contribution in [0.2, 0.25) is 0 Å². The third-order valence-corrected chi connectivity index (χ3v) is 3.53. The lowest BCUT2D eigenvalue weighted by Gasteiger charge is -2.22. The molecule has 1 aromatic heterocycles. The zero-order valence-electron chi connectivity index (χ0n) is 11.6. The van der Waals surface area contributed by atoms with Crippen LogP contribution in [0.15, 0.2) is 36.7 Å². The highest BCUT2D eigenvalue weighted by atomic mass is 16.5. The number of hydrogen-bond donors (Lipinski definition) is 1. The van der Waals surface area contributed by atoms with Crippen molar-refractivity contribution in [3.8, 4) is 23.2 Å². The van der Waals surface area contributed by atoms with Gasteiger partial charge >= 0.3 is 6.01 Å². The zero-order chi connectivity index (χ0) is 14.5. The summed E-state index contributed by atoms with van der Waals surface area (Å²) in [6.07, 6.45) is 5.68. The molecule has 0 amide bonds. The van der Waals surface area contributed by atoms with Crippen molar-refractivity contribution >= 4 is 0 Å². The predicted octanol–water partition coefficient (Wildman–Crippen LogP) is 2.15. The van der Waals surface area contributed by atoms with Gasteiger partial charge in [-0.25, -0.2) is 9.97 Å². The molecule has 0 aliphatic carbocycles. The Morgan fingerprint density at radius 2 is 1.71 bits per heavy atom. The second-order valence-corrected chi connectivity index (χ2v) is 5.01. The molecule has 2 aromatic rings. The predicted molar refractivity (Wildman–Crippen MR) is 78.7 cm³/mol. The van der Waals surface area contributed by atoms with Crippen LogP contribution < -0.4 is 10.1 Å². The Morgan fingerprint density at radius 1 is 1.05 bits per heavy atom. The van der Waals surface area contributed by atoms with Gasteiger partial charge in [-0.15, -0.1) is 0 Å². The van der Waals surface area contributed by atoms with Crippen molar-refractivity contribution in [3.63, 3.8) is 0 Å². The van der Waals surface area contributed by atoms with E-state index in [-0.39, 0.29) is 6.10 Å². The Hall–Kier alpha value is -2.45. The Balaban J connectivity index is 1.69. The van der Waals surface area contributed by atoms with Gasteiger partial charge in [-0.05, 0) is 43.6 Å². The minimum absolute atomic E-state index is 0.201. The van der Waals surface area contributed by atoms with Gasteiger partial charge in [0, 0.05) is 18.0 Å². The number of nitrogens with zero attached hydrogens (tertiary/aromatic N) is 3. The molecule has 1 aliphatic rings. The molecule has 3 rings (SSSR count). The molecule has 0 unspecified atom stereocenters. The van der Waals surface area contributed by atoms with E-state index < -0.39 is 0 Å². The normalized spacial score (nSPS) is 15.4. The molecule has 0 atom stereocenters. The van der Waals surface area contributed by atoms with E-state index in [4.69, 9.17) is 10.00 Å². The van der Waals surface area contributed by atoms with Gasteiger partial charge in [0.05, 0.1) is 11.6 Å². The molecule has 2 heterocycles. The SMILES string of the molecule is N#Cc1ccc(-c2cnc(OC3CCNCC3)nc2)cc1. The molecule has 5 nitrogen and oxygen atoms in total. The van der Waals surface area contributed by atoms with Gasteiger partial charge in [-0.1, -0.05) is 12.1 Å². The van der Waals surface area contributed by atoms with Crippen molar-refractivity contribution in [2.45, 2.75) is 18.9 Å². The molecule has 0 saturated carbocycles. The average molecular weight is 280 g/mol. The first-order valence-electron chi connectivity index (χ1n) is 7.05. The van der Waals surface area contributed by atoms with Gasteiger partial charge in [-0.2, -0.15) is 5.26 Å². The van der Waals surface area contributed by atoms with Crippen LogP contribution >= 0.6 is 0 Å². The summed E-state index contributed by atoms with van der Waals surface area (Å²) in [6.45, 7) is 1.96. The van der Waals surface area contributed by atoms with Crippen molar-refractivity contribution in [2.24, 2.45) is 0 Å². The molecule has 1 saturated heterocycles. The van der Waals surface area contributed by atoms with Crippen LogP contribution in [0.5, 0.6) is 6.01 Å². The monoisotopic (exact) mass is 280 g/mol. The lowest BCUT2D eigenvalue weighted by Crippen LogP contribution is -2.34. The van der Waals surface area contributed by atoms with Crippen LogP contribution in [0, 0.1) is 11.3 Å². The summed E-state index contributed by atoms with van der Waals surface area (Å²) in [4.78, 5) is 8.55. The fourth-order valence-electron chi connectivity index (χ4n) is 2.33. The number of nitriles is 1. The molecule has 1 aliphatic heterocycles.